The van der Waals surface area contributed by atoms with E-state index in [4.69, 9.17) is 0 Å². The summed E-state index contributed by atoms with van der Waals surface area (Å²) < 4.78 is 0. The average Bonchev–Trinajstić information content (AvgIpc) is 2.93. The molecule has 2 atom stereocenters. The van der Waals surface area contributed by atoms with Crippen LogP contribution in [0, 0.1) is 5.92 Å². The zero-order valence-electron chi connectivity index (χ0n) is 11.8. The van der Waals surface area contributed by atoms with Gasteiger partial charge in [-0.05, 0) is 32.6 Å². The first-order valence-electron chi connectivity index (χ1n) is 7.45. The highest BCUT2D eigenvalue weighted by molar-refractivity contribution is 5.80. The van der Waals surface area contributed by atoms with Gasteiger partial charge in [-0.25, -0.2) is 0 Å². The molecule has 2 amide bonds. The molecule has 2 saturated heterocycles. The van der Waals surface area contributed by atoms with E-state index >= 15 is 0 Å². The Morgan fingerprint density at radius 2 is 2.00 bits per heavy atom. The van der Waals surface area contributed by atoms with Crippen molar-refractivity contribution in [2.45, 2.75) is 45.1 Å². The Balaban J connectivity index is 1.62. The van der Waals surface area contributed by atoms with Crippen LogP contribution in [0.5, 0.6) is 0 Å². The SMILES string of the molecule is CC1CCC(C(=O)NCCC(=O)N2CCCC2)CN1. The number of nitrogens with zero attached hydrogens (tertiary/aromatic N) is 1. The number of hydrogen-bond acceptors (Lipinski definition) is 3. The van der Waals surface area contributed by atoms with Crippen molar-refractivity contribution in [2.24, 2.45) is 5.92 Å². The summed E-state index contributed by atoms with van der Waals surface area (Å²) in [6, 6.07) is 0.515. The topological polar surface area (TPSA) is 61.4 Å². The Morgan fingerprint density at radius 3 is 2.63 bits per heavy atom. The predicted molar refractivity (Wildman–Crippen MR) is 73.6 cm³/mol. The summed E-state index contributed by atoms with van der Waals surface area (Å²) in [6.07, 6.45) is 4.65. The van der Waals surface area contributed by atoms with E-state index in [9.17, 15) is 9.59 Å². The molecule has 19 heavy (non-hydrogen) atoms. The van der Waals surface area contributed by atoms with E-state index in [1.807, 2.05) is 4.90 Å². The van der Waals surface area contributed by atoms with Gasteiger partial charge < -0.3 is 15.5 Å². The van der Waals surface area contributed by atoms with E-state index in [-0.39, 0.29) is 17.7 Å². The minimum absolute atomic E-state index is 0.0677. The number of rotatable bonds is 4. The van der Waals surface area contributed by atoms with Gasteiger partial charge in [0.1, 0.15) is 0 Å². The van der Waals surface area contributed by atoms with Gasteiger partial charge in [0.15, 0.2) is 0 Å². The highest BCUT2D eigenvalue weighted by Gasteiger charge is 2.24. The highest BCUT2D eigenvalue weighted by Crippen LogP contribution is 2.14. The van der Waals surface area contributed by atoms with Crippen LogP contribution in [-0.2, 0) is 9.59 Å². The minimum Gasteiger partial charge on any atom is -0.355 e. The van der Waals surface area contributed by atoms with Gasteiger partial charge in [0.25, 0.3) is 0 Å². The molecule has 2 heterocycles. The third-order valence-corrected chi connectivity index (χ3v) is 4.13. The summed E-state index contributed by atoms with van der Waals surface area (Å²) in [5.41, 5.74) is 0. The maximum Gasteiger partial charge on any atom is 0.224 e. The molecule has 2 aliphatic heterocycles. The lowest BCUT2D eigenvalue weighted by Gasteiger charge is -2.26. The fraction of sp³-hybridized carbons (Fsp3) is 0.857. The van der Waals surface area contributed by atoms with Gasteiger partial charge in [-0.1, -0.05) is 0 Å². The van der Waals surface area contributed by atoms with E-state index in [1.165, 1.54) is 0 Å². The normalized spacial score (nSPS) is 27.3. The molecule has 0 aliphatic carbocycles. The van der Waals surface area contributed by atoms with E-state index in [0.29, 0.717) is 19.0 Å². The summed E-state index contributed by atoms with van der Waals surface area (Å²) in [4.78, 5) is 25.6. The molecule has 2 rings (SSSR count). The molecule has 108 valence electrons. The maximum absolute atomic E-state index is 11.9. The number of piperidine rings is 1. The quantitative estimate of drug-likeness (QED) is 0.780. The van der Waals surface area contributed by atoms with Crippen molar-refractivity contribution < 1.29 is 9.59 Å². The molecule has 0 aromatic rings. The predicted octanol–water partition coefficient (Wildman–Crippen LogP) is 0.503. The lowest BCUT2D eigenvalue weighted by Crippen LogP contribution is -2.44. The smallest absolute Gasteiger partial charge is 0.224 e. The summed E-state index contributed by atoms with van der Waals surface area (Å²) in [5, 5.41) is 6.22. The first kappa shape index (κ1) is 14.3. The van der Waals surface area contributed by atoms with Gasteiger partial charge in [-0.15, -0.1) is 0 Å². The van der Waals surface area contributed by atoms with E-state index < -0.39 is 0 Å². The van der Waals surface area contributed by atoms with E-state index in [0.717, 1.165) is 45.3 Å². The maximum atomic E-state index is 11.9. The first-order valence-corrected chi connectivity index (χ1v) is 7.45. The summed E-state index contributed by atoms with van der Waals surface area (Å²) in [7, 11) is 0. The lowest BCUT2D eigenvalue weighted by molar-refractivity contribution is -0.130. The van der Waals surface area contributed by atoms with Crippen LogP contribution in [0.4, 0.5) is 0 Å². The molecule has 0 radical (unpaired) electrons. The number of carbonyl (C=O) groups excluding carboxylic acids is 2. The molecule has 5 nitrogen and oxygen atoms in total. The average molecular weight is 267 g/mol. The zero-order chi connectivity index (χ0) is 13.7. The van der Waals surface area contributed by atoms with Crippen molar-refractivity contribution >= 4 is 11.8 Å². The molecule has 2 fully saturated rings. The van der Waals surface area contributed by atoms with Crippen LogP contribution >= 0.6 is 0 Å². The minimum atomic E-state index is 0.0677. The summed E-state index contributed by atoms with van der Waals surface area (Å²) in [6.45, 7) is 5.14. The van der Waals surface area contributed by atoms with E-state index in [2.05, 4.69) is 17.6 Å². The molecule has 0 saturated carbocycles. The van der Waals surface area contributed by atoms with Gasteiger partial charge >= 0.3 is 0 Å². The van der Waals surface area contributed by atoms with Crippen LogP contribution in [-0.4, -0.2) is 48.9 Å². The van der Waals surface area contributed by atoms with E-state index in [1.54, 1.807) is 0 Å². The van der Waals surface area contributed by atoms with Gasteiger partial charge in [-0.2, -0.15) is 0 Å². The number of nitrogens with one attached hydrogen (secondary N) is 2. The monoisotopic (exact) mass is 267 g/mol. The Kier molecular flexibility index (Phi) is 5.19. The molecular formula is C14H25N3O2. The largest absolute Gasteiger partial charge is 0.355 e. The number of carbonyl (C=O) groups is 2. The molecule has 2 unspecified atom stereocenters. The fourth-order valence-electron chi connectivity index (χ4n) is 2.78. The molecule has 0 aromatic carbocycles. The molecule has 2 aliphatic rings. The van der Waals surface area contributed by atoms with Gasteiger partial charge in [0, 0.05) is 38.6 Å². The Hall–Kier alpha value is -1.10. The lowest BCUT2D eigenvalue weighted by atomic mass is 9.95. The number of likely N-dealkylation sites (tertiary alicyclic amines) is 1. The number of hydrogen-bond donors (Lipinski definition) is 2. The second kappa shape index (κ2) is 6.89. The molecule has 2 N–H and O–H groups in total. The standard InChI is InChI=1S/C14H25N3O2/c1-11-4-5-12(10-16-11)14(19)15-7-6-13(18)17-8-2-3-9-17/h11-12,16H,2-10H2,1H3,(H,15,19). The second-order valence-electron chi connectivity index (χ2n) is 5.71. The molecule has 5 heteroatoms. The van der Waals surface area contributed by atoms with Crippen LogP contribution in [0.25, 0.3) is 0 Å². The highest BCUT2D eigenvalue weighted by atomic mass is 16.2. The Morgan fingerprint density at radius 1 is 1.26 bits per heavy atom. The van der Waals surface area contributed by atoms with Crippen LogP contribution < -0.4 is 10.6 Å². The molecular weight excluding hydrogens is 242 g/mol. The van der Waals surface area contributed by atoms with Crippen molar-refractivity contribution in [2.75, 3.05) is 26.2 Å². The van der Waals surface area contributed by atoms with Crippen molar-refractivity contribution in [1.82, 2.24) is 15.5 Å². The summed E-state index contributed by atoms with van der Waals surface area (Å²) in [5.74, 6) is 0.333. The third-order valence-electron chi connectivity index (χ3n) is 4.13. The summed E-state index contributed by atoms with van der Waals surface area (Å²) >= 11 is 0. The van der Waals surface area contributed by atoms with Gasteiger partial charge in [0.05, 0.1) is 5.92 Å². The Labute approximate surface area is 115 Å². The van der Waals surface area contributed by atoms with Crippen molar-refractivity contribution in [3.8, 4) is 0 Å². The van der Waals surface area contributed by atoms with Gasteiger partial charge in [0.2, 0.25) is 11.8 Å². The van der Waals surface area contributed by atoms with Crippen molar-refractivity contribution in [3.63, 3.8) is 0 Å². The van der Waals surface area contributed by atoms with Crippen molar-refractivity contribution in [1.29, 1.82) is 0 Å². The van der Waals surface area contributed by atoms with Gasteiger partial charge in [-0.3, -0.25) is 9.59 Å². The van der Waals surface area contributed by atoms with Crippen LogP contribution in [0.3, 0.4) is 0 Å². The Bertz CT molecular complexity index is 319. The molecule has 0 spiro atoms. The zero-order valence-corrected chi connectivity index (χ0v) is 11.8. The van der Waals surface area contributed by atoms with Crippen LogP contribution in [0.2, 0.25) is 0 Å². The van der Waals surface area contributed by atoms with Crippen LogP contribution in [0.1, 0.15) is 39.0 Å². The van der Waals surface area contributed by atoms with Crippen molar-refractivity contribution in [3.05, 3.63) is 0 Å². The second-order valence-corrected chi connectivity index (χ2v) is 5.71. The third kappa shape index (κ3) is 4.20. The first-order chi connectivity index (χ1) is 9.16. The molecule has 0 aromatic heterocycles. The fourth-order valence-corrected chi connectivity index (χ4v) is 2.78. The van der Waals surface area contributed by atoms with Crippen LogP contribution in [0.15, 0.2) is 0 Å². The molecule has 0 bridgehead atoms. The number of amides is 2.